The van der Waals surface area contributed by atoms with E-state index in [1.54, 1.807) is 24.3 Å². The maximum absolute atomic E-state index is 13.3. The summed E-state index contributed by atoms with van der Waals surface area (Å²) in [7, 11) is -4.91. The molecule has 0 radical (unpaired) electrons. The molecular formula is C23H23ClN2O6S2. The van der Waals surface area contributed by atoms with E-state index in [2.05, 4.69) is 4.72 Å². The van der Waals surface area contributed by atoms with Crippen LogP contribution in [0.5, 0.6) is 11.5 Å². The first-order valence-corrected chi connectivity index (χ1v) is 13.6. The molecule has 8 nitrogen and oxygen atoms in total. The Kier molecular flexibility index (Phi) is 6.66. The molecule has 0 saturated heterocycles. The van der Waals surface area contributed by atoms with Crippen LogP contribution in [0.15, 0.2) is 70.5 Å². The molecule has 3 aromatic rings. The van der Waals surface area contributed by atoms with E-state index in [0.717, 1.165) is 5.56 Å². The van der Waals surface area contributed by atoms with E-state index in [0.29, 0.717) is 36.5 Å². The number of fused-ring (bicyclic) bond motifs is 1. The number of rotatable bonds is 7. The Hall–Kier alpha value is -2.95. The van der Waals surface area contributed by atoms with Gasteiger partial charge in [0.2, 0.25) is 0 Å². The van der Waals surface area contributed by atoms with Crippen molar-refractivity contribution >= 4 is 43.0 Å². The van der Waals surface area contributed by atoms with Crippen molar-refractivity contribution in [1.29, 1.82) is 0 Å². The van der Waals surface area contributed by atoms with Crippen molar-refractivity contribution in [3.05, 3.63) is 71.2 Å². The molecule has 0 aromatic heterocycles. The number of halogens is 1. The van der Waals surface area contributed by atoms with E-state index in [-0.39, 0.29) is 20.6 Å². The van der Waals surface area contributed by atoms with Crippen LogP contribution >= 0.6 is 11.6 Å². The summed E-state index contributed by atoms with van der Waals surface area (Å²) in [6.45, 7) is 0.326. The van der Waals surface area contributed by atoms with Gasteiger partial charge in [-0.3, -0.25) is 9.03 Å². The summed E-state index contributed by atoms with van der Waals surface area (Å²) in [5.74, 6) is 0.720. The van der Waals surface area contributed by atoms with E-state index >= 15 is 0 Å². The number of aryl methyl sites for hydroxylation is 1. The third kappa shape index (κ3) is 4.66. The predicted molar refractivity (Wildman–Crippen MR) is 131 cm³/mol. The zero-order valence-corrected chi connectivity index (χ0v) is 20.9. The largest absolute Gasteiger partial charge is 0.497 e. The van der Waals surface area contributed by atoms with Crippen LogP contribution in [0.1, 0.15) is 12.0 Å². The van der Waals surface area contributed by atoms with Gasteiger partial charge in [-0.15, -0.1) is 0 Å². The molecule has 4 rings (SSSR count). The fourth-order valence-electron chi connectivity index (χ4n) is 3.82. The highest BCUT2D eigenvalue weighted by atomic mass is 35.5. The van der Waals surface area contributed by atoms with Gasteiger partial charge in [0, 0.05) is 17.3 Å². The van der Waals surface area contributed by atoms with Gasteiger partial charge < -0.3 is 9.47 Å². The fourth-order valence-corrected chi connectivity index (χ4v) is 6.84. The molecule has 0 saturated carbocycles. The molecule has 0 spiro atoms. The fraction of sp³-hybridized carbons (Fsp3) is 0.217. The molecule has 1 aliphatic heterocycles. The minimum Gasteiger partial charge on any atom is -0.497 e. The molecule has 34 heavy (non-hydrogen) atoms. The van der Waals surface area contributed by atoms with Crippen LogP contribution in [-0.4, -0.2) is 37.6 Å². The highest BCUT2D eigenvalue weighted by Gasteiger charge is 2.30. The summed E-state index contributed by atoms with van der Waals surface area (Å²) < 4.78 is 66.8. The summed E-state index contributed by atoms with van der Waals surface area (Å²) in [5.41, 5.74) is 1.55. The first kappa shape index (κ1) is 24.2. The van der Waals surface area contributed by atoms with Gasteiger partial charge in [0.05, 0.1) is 24.8 Å². The molecule has 1 aliphatic rings. The van der Waals surface area contributed by atoms with Gasteiger partial charge in [-0.1, -0.05) is 11.6 Å². The summed E-state index contributed by atoms with van der Waals surface area (Å²) >= 11 is 5.99. The van der Waals surface area contributed by atoms with Gasteiger partial charge >= 0.3 is 0 Å². The molecule has 180 valence electrons. The highest BCUT2D eigenvalue weighted by Crippen LogP contribution is 2.35. The van der Waals surface area contributed by atoms with Gasteiger partial charge in [-0.2, -0.15) is 0 Å². The maximum Gasteiger partial charge on any atom is 0.265 e. The number of anilines is 2. The zero-order valence-electron chi connectivity index (χ0n) is 18.5. The van der Waals surface area contributed by atoms with Crippen molar-refractivity contribution < 1.29 is 26.3 Å². The number of nitrogens with one attached hydrogen (secondary N) is 1. The lowest BCUT2D eigenvalue weighted by Crippen LogP contribution is -2.35. The molecule has 0 atom stereocenters. The van der Waals surface area contributed by atoms with Crippen LogP contribution in [-0.2, 0) is 26.5 Å². The van der Waals surface area contributed by atoms with Crippen molar-refractivity contribution in [1.82, 2.24) is 0 Å². The first-order chi connectivity index (χ1) is 16.2. The van der Waals surface area contributed by atoms with Gasteiger partial charge in [-0.05, 0) is 79.1 Å². The van der Waals surface area contributed by atoms with Crippen molar-refractivity contribution in [2.45, 2.75) is 22.6 Å². The normalized spacial score (nSPS) is 13.8. The number of nitrogens with zero attached hydrogens (tertiary/aromatic N) is 1. The van der Waals surface area contributed by atoms with Crippen LogP contribution in [0, 0.1) is 0 Å². The lowest BCUT2D eigenvalue weighted by molar-refractivity contribution is 0.403. The van der Waals surface area contributed by atoms with E-state index < -0.39 is 20.0 Å². The Labute approximate surface area is 204 Å². The number of methoxy groups -OCH3 is 2. The molecule has 1 heterocycles. The lowest BCUT2D eigenvalue weighted by atomic mass is 10.0. The number of sulfonamides is 2. The number of ether oxygens (including phenoxy) is 2. The molecule has 3 aromatic carbocycles. The Balaban J connectivity index is 1.65. The van der Waals surface area contributed by atoms with Gasteiger partial charge in [0.25, 0.3) is 20.0 Å². The number of hydrogen-bond acceptors (Lipinski definition) is 6. The van der Waals surface area contributed by atoms with E-state index in [4.69, 9.17) is 21.1 Å². The molecule has 0 fully saturated rings. The standard InChI is InChI=1S/C23H23ClN2O6S2/c1-31-19-7-9-20(10-8-19)34(29,30)26-13-3-4-16-14-18(6-11-21(16)26)25-33(27,28)23-15-17(24)5-12-22(23)32-2/h5-12,14-15,25H,3-4,13H2,1-2H3. The number of hydrogen-bond donors (Lipinski definition) is 1. The Bertz CT molecular complexity index is 1420. The first-order valence-electron chi connectivity index (χ1n) is 10.3. The van der Waals surface area contributed by atoms with E-state index in [1.165, 1.54) is 54.9 Å². The van der Waals surface area contributed by atoms with Crippen LogP contribution in [0.2, 0.25) is 5.02 Å². The summed E-state index contributed by atoms with van der Waals surface area (Å²) in [6.07, 6.45) is 1.21. The summed E-state index contributed by atoms with van der Waals surface area (Å²) in [6, 6.07) is 15.3. The molecule has 0 bridgehead atoms. The maximum atomic E-state index is 13.3. The van der Waals surface area contributed by atoms with Gasteiger partial charge in [0.1, 0.15) is 16.4 Å². The Morgan fingerprint density at radius 1 is 0.912 bits per heavy atom. The predicted octanol–water partition coefficient (Wildman–Crippen LogP) is 4.30. The third-order valence-electron chi connectivity index (χ3n) is 5.47. The van der Waals surface area contributed by atoms with Crippen LogP contribution in [0.25, 0.3) is 0 Å². The van der Waals surface area contributed by atoms with E-state index in [1.807, 2.05) is 0 Å². The van der Waals surface area contributed by atoms with Crippen LogP contribution in [0.3, 0.4) is 0 Å². The van der Waals surface area contributed by atoms with Gasteiger partial charge in [0.15, 0.2) is 0 Å². The Morgan fingerprint density at radius 2 is 1.65 bits per heavy atom. The quantitative estimate of drug-likeness (QED) is 0.496. The second kappa shape index (κ2) is 9.36. The van der Waals surface area contributed by atoms with Crippen LogP contribution in [0.4, 0.5) is 11.4 Å². The topological polar surface area (TPSA) is 102 Å². The molecular weight excluding hydrogens is 500 g/mol. The van der Waals surface area contributed by atoms with Crippen molar-refractivity contribution in [3.63, 3.8) is 0 Å². The van der Waals surface area contributed by atoms with Gasteiger partial charge in [-0.25, -0.2) is 16.8 Å². The molecule has 0 unspecified atom stereocenters. The lowest BCUT2D eigenvalue weighted by Gasteiger charge is -2.31. The molecule has 0 amide bonds. The minimum absolute atomic E-state index is 0.0936. The second-order valence-corrected chi connectivity index (χ2v) is 11.5. The third-order valence-corrected chi connectivity index (χ3v) is 8.94. The highest BCUT2D eigenvalue weighted by molar-refractivity contribution is 7.93. The van der Waals surface area contributed by atoms with E-state index in [9.17, 15) is 16.8 Å². The zero-order chi connectivity index (χ0) is 24.5. The molecule has 0 aliphatic carbocycles. The average molecular weight is 523 g/mol. The molecule has 11 heteroatoms. The summed E-state index contributed by atoms with van der Waals surface area (Å²) in [4.78, 5) is 0.0583. The minimum atomic E-state index is -4.00. The van der Waals surface area contributed by atoms with Crippen molar-refractivity contribution in [3.8, 4) is 11.5 Å². The van der Waals surface area contributed by atoms with Crippen molar-refractivity contribution in [2.24, 2.45) is 0 Å². The SMILES string of the molecule is COc1ccc(S(=O)(=O)N2CCCc3cc(NS(=O)(=O)c4cc(Cl)ccc4OC)ccc32)cc1. The smallest absolute Gasteiger partial charge is 0.265 e. The van der Waals surface area contributed by atoms with Crippen LogP contribution < -0.4 is 18.5 Å². The number of benzene rings is 3. The molecule has 1 N–H and O–H groups in total. The van der Waals surface area contributed by atoms with Crippen molar-refractivity contribution in [2.75, 3.05) is 29.8 Å². The average Bonchev–Trinajstić information content (AvgIpc) is 2.83. The second-order valence-electron chi connectivity index (χ2n) is 7.60. The monoisotopic (exact) mass is 522 g/mol. The Morgan fingerprint density at radius 3 is 2.32 bits per heavy atom. The summed E-state index contributed by atoms with van der Waals surface area (Å²) in [5, 5.41) is 0.256.